The molecular formula is C50H97NO7P+. The van der Waals surface area contributed by atoms with E-state index in [1.54, 1.807) is 0 Å². The summed E-state index contributed by atoms with van der Waals surface area (Å²) in [5.74, 6) is -0.347. The molecule has 0 aromatic heterocycles. The molecule has 0 rings (SSSR count). The van der Waals surface area contributed by atoms with Gasteiger partial charge in [0.05, 0.1) is 34.4 Å². The fourth-order valence-corrected chi connectivity index (χ4v) is 7.60. The van der Waals surface area contributed by atoms with Gasteiger partial charge >= 0.3 is 13.8 Å². The van der Waals surface area contributed by atoms with Crippen molar-refractivity contribution in [2.75, 3.05) is 54.1 Å². The van der Waals surface area contributed by atoms with Gasteiger partial charge in [0, 0.05) is 13.0 Å². The van der Waals surface area contributed by atoms with E-state index in [-0.39, 0.29) is 32.2 Å². The largest absolute Gasteiger partial charge is 0.472 e. The van der Waals surface area contributed by atoms with E-state index in [9.17, 15) is 14.3 Å². The summed E-state index contributed by atoms with van der Waals surface area (Å²) in [5, 5.41) is 0. The summed E-state index contributed by atoms with van der Waals surface area (Å²) in [6, 6.07) is 0. The zero-order valence-electron chi connectivity index (χ0n) is 39.5. The first-order valence-corrected chi connectivity index (χ1v) is 26.2. The second-order valence-corrected chi connectivity index (χ2v) is 19.3. The standard InChI is InChI=1S/C50H96NO7P/c1-6-8-10-12-14-16-18-20-22-23-24-25-26-27-28-30-32-34-36-38-40-42-45-55-47-49(48-57-59(53,54)56-46-44-51(3,4)5)58-50(52)43-41-39-37-35-33-31-29-21-19-17-15-13-11-9-7-2/h15,17,21,29,33,35,49H,6-14,16,18-20,22-28,30-32,34,36-48H2,1-5H3/p+1/b17-15-,29-21-,35-33-/t49-/m1/s1. The van der Waals surface area contributed by atoms with Crippen LogP contribution in [0.4, 0.5) is 0 Å². The molecule has 0 aromatic rings. The predicted octanol–water partition coefficient (Wildman–Crippen LogP) is 14.9. The van der Waals surface area contributed by atoms with Crippen LogP contribution in [0, 0.1) is 0 Å². The van der Waals surface area contributed by atoms with Gasteiger partial charge in [-0.2, -0.15) is 0 Å². The maximum Gasteiger partial charge on any atom is 0.472 e. The average molecular weight is 855 g/mol. The summed E-state index contributed by atoms with van der Waals surface area (Å²) in [6.45, 7) is 5.58. The minimum atomic E-state index is -4.29. The van der Waals surface area contributed by atoms with Crippen LogP contribution >= 0.6 is 7.82 Å². The number of phosphoric ester groups is 1. The highest BCUT2D eigenvalue weighted by molar-refractivity contribution is 7.47. The zero-order valence-corrected chi connectivity index (χ0v) is 40.4. The van der Waals surface area contributed by atoms with Crippen LogP contribution in [-0.4, -0.2) is 75.6 Å². The molecule has 9 heteroatoms. The van der Waals surface area contributed by atoms with Crippen molar-refractivity contribution in [3.63, 3.8) is 0 Å². The molecule has 0 radical (unpaired) electrons. The predicted molar refractivity (Wildman–Crippen MR) is 252 cm³/mol. The number of esters is 1. The first-order chi connectivity index (χ1) is 28.6. The van der Waals surface area contributed by atoms with Crippen LogP contribution in [0.5, 0.6) is 0 Å². The van der Waals surface area contributed by atoms with Gasteiger partial charge in [0.2, 0.25) is 0 Å². The lowest BCUT2D eigenvalue weighted by molar-refractivity contribution is -0.870. The minimum absolute atomic E-state index is 0.0824. The molecule has 0 amide bonds. The van der Waals surface area contributed by atoms with Crippen molar-refractivity contribution in [1.29, 1.82) is 0 Å². The number of hydrogen-bond acceptors (Lipinski definition) is 6. The summed E-state index contributed by atoms with van der Waals surface area (Å²) in [5.41, 5.74) is 0. The lowest BCUT2D eigenvalue weighted by Gasteiger charge is -2.24. The number of hydrogen-bond donors (Lipinski definition) is 1. The number of carbonyl (C=O) groups is 1. The van der Waals surface area contributed by atoms with Crippen molar-refractivity contribution >= 4 is 13.8 Å². The van der Waals surface area contributed by atoms with Crippen molar-refractivity contribution in [1.82, 2.24) is 0 Å². The van der Waals surface area contributed by atoms with Crippen LogP contribution in [0.15, 0.2) is 36.5 Å². The van der Waals surface area contributed by atoms with Gasteiger partial charge < -0.3 is 18.9 Å². The lowest BCUT2D eigenvalue weighted by atomic mass is 10.0. The van der Waals surface area contributed by atoms with E-state index in [2.05, 4.69) is 50.3 Å². The summed E-state index contributed by atoms with van der Waals surface area (Å²) < 4.78 is 35.0. The first-order valence-electron chi connectivity index (χ1n) is 24.7. The SMILES string of the molecule is CCCCC/C=C\C/C=C\C/C=C\CCCCC(=O)O[C@H](COCCCCCCCCCCCCCCCCCCCCCCCC)COP(=O)(O)OCC[N+](C)(C)C. The second-order valence-electron chi connectivity index (χ2n) is 17.9. The summed E-state index contributed by atoms with van der Waals surface area (Å²) in [4.78, 5) is 22.9. The molecule has 1 N–H and O–H groups in total. The van der Waals surface area contributed by atoms with Gasteiger partial charge in [-0.25, -0.2) is 4.57 Å². The Hall–Kier alpha value is -1.28. The van der Waals surface area contributed by atoms with E-state index in [1.807, 2.05) is 21.1 Å². The second kappa shape index (κ2) is 43.4. The van der Waals surface area contributed by atoms with Crippen LogP contribution in [0.1, 0.15) is 219 Å². The molecule has 0 aliphatic rings. The maximum absolute atomic E-state index is 12.7. The van der Waals surface area contributed by atoms with Crippen LogP contribution in [0.2, 0.25) is 0 Å². The summed E-state index contributed by atoms with van der Waals surface area (Å²) in [6.07, 6.45) is 52.0. The third kappa shape index (κ3) is 47.6. The number of carbonyl (C=O) groups excluding carboxylic acids is 1. The van der Waals surface area contributed by atoms with Crippen molar-refractivity contribution in [3.8, 4) is 0 Å². The van der Waals surface area contributed by atoms with Crippen molar-refractivity contribution in [2.24, 2.45) is 0 Å². The number of rotatable bonds is 46. The first kappa shape index (κ1) is 57.7. The summed E-state index contributed by atoms with van der Waals surface area (Å²) >= 11 is 0. The van der Waals surface area contributed by atoms with Gasteiger partial charge in [-0.05, 0) is 51.4 Å². The number of allylic oxidation sites excluding steroid dienone is 6. The monoisotopic (exact) mass is 855 g/mol. The maximum atomic E-state index is 12.7. The number of quaternary nitrogens is 1. The molecule has 0 bridgehead atoms. The third-order valence-corrected chi connectivity index (χ3v) is 11.7. The third-order valence-electron chi connectivity index (χ3n) is 10.7. The number of likely N-dealkylation sites (N-methyl/N-ethyl adjacent to an activating group) is 1. The Morgan fingerprint density at radius 3 is 1.39 bits per heavy atom. The number of ether oxygens (including phenoxy) is 2. The zero-order chi connectivity index (χ0) is 43.4. The van der Waals surface area contributed by atoms with E-state index < -0.39 is 13.9 Å². The minimum Gasteiger partial charge on any atom is -0.457 e. The number of nitrogens with zero attached hydrogens (tertiary/aromatic N) is 1. The molecule has 0 saturated heterocycles. The fraction of sp³-hybridized carbons (Fsp3) is 0.860. The molecule has 0 fully saturated rings. The Morgan fingerprint density at radius 1 is 0.525 bits per heavy atom. The Labute approximate surface area is 365 Å². The van der Waals surface area contributed by atoms with Gasteiger partial charge in [0.1, 0.15) is 19.3 Å². The molecule has 0 saturated carbocycles. The number of phosphoric acid groups is 1. The smallest absolute Gasteiger partial charge is 0.457 e. The Balaban J connectivity index is 4.15. The van der Waals surface area contributed by atoms with E-state index in [1.165, 1.54) is 154 Å². The van der Waals surface area contributed by atoms with Crippen LogP contribution in [-0.2, 0) is 27.9 Å². The van der Waals surface area contributed by atoms with Gasteiger partial charge in [-0.3, -0.25) is 13.8 Å². The molecule has 348 valence electrons. The fourth-order valence-electron chi connectivity index (χ4n) is 6.85. The van der Waals surface area contributed by atoms with Crippen LogP contribution in [0.3, 0.4) is 0 Å². The van der Waals surface area contributed by atoms with E-state index in [4.69, 9.17) is 18.5 Å². The molecule has 59 heavy (non-hydrogen) atoms. The van der Waals surface area contributed by atoms with E-state index in [0.29, 0.717) is 24.1 Å². The summed E-state index contributed by atoms with van der Waals surface area (Å²) in [7, 11) is 1.65. The van der Waals surface area contributed by atoms with Gasteiger partial charge in [0.15, 0.2) is 0 Å². The van der Waals surface area contributed by atoms with Crippen LogP contribution < -0.4 is 0 Å². The van der Waals surface area contributed by atoms with E-state index >= 15 is 0 Å². The molecule has 0 aliphatic heterocycles. The van der Waals surface area contributed by atoms with Crippen molar-refractivity contribution < 1.29 is 37.3 Å². The van der Waals surface area contributed by atoms with Gasteiger partial charge in [0.25, 0.3) is 0 Å². The van der Waals surface area contributed by atoms with Gasteiger partial charge in [-0.15, -0.1) is 0 Å². The highest BCUT2D eigenvalue weighted by Gasteiger charge is 2.26. The molecule has 0 aromatic carbocycles. The molecule has 8 nitrogen and oxygen atoms in total. The van der Waals surface area contributed by atoms with Crippen LogP contribution in [0.25, 0.3) is 0 Å². The lowest BCUT2D eigenvalue weighted by Crippen LogP contribution is -2.37. The normalized spacial score (nSPS) is 13.9. The average Bonchev–Trinajstić information content (AvgIpc) is 3.19. The van der Waals surface area contributed by atoms with E-state index in [0.717, 1.165) is 38.5 Å². The molecule has 0 aliphatic carbocycles. The molecule has 1 unspecified atom stereocenters. The molecular weight excluding hydrogens is 758 g/mol. The Morgan fingerprint density at radius 2 is 0.932 bits per heavy atom. The Kier molecular flexibility index (Phi) is 42.4. The quantitative estimate of drug-likeness (QED) is 0.0214. The van der Waals surface area contributed by atoms with Crippen molar-refractivity contribution in [2.45, 2.75) is 225 Å². The Bertz CT molecular complexity index is 1040. The topological polar surface area (TPSA) is 91.3 Å². The molecule has 0 heterocycles. The molecule has 0 spiro atoms. The highest BCUT2D eigenvalue weighted by atomic mass is 31.2. The highest BCUT2D eigenvalue weighted by Crippen LogP contribution is 2.43. The van der Waals surface area contributed by atoms with Crippen molar-refractivity contribution in [3.05, 3.63) is 36.5 Å². The van der Waals surface area contributed by atoms with Gasteiger partial charge in [-0.1, -0.05) is 198 Å². The molecule has 2 atom stereocenters. The number of unbranched alkanes of at least 4 members (excludes halogenated alkanes) is 26.